The Morgan fingerprint density at radius 2 is 2.11 bits per heavy atom. The van der Waals surface area contributed by atoms with E-state index in [1.807, 2.05) is 18.7 Å². The highest BCUT2D eigenvalue weighted by Crippen LogP contribution is 2.30. The summed E-state index contributed by atoms with van der Waals surface area (Å²) in [6.07, 6.45) is -2.97. The maximum atomic E-state index is 12.5. The van der Waals surface area contributed by atoms with Crippen LogP contribution in [0.4, 0.5) is 13.2 Å². The van der Waals surface area contributed by atoms with Gasteiger partial charge in [-0.25, -0.2) is 0 Å². The highest BCUT2D eigenvalue weighted by atomic mass is 32.2. The summed E-state index contributed by atoms with van der Waals surface area (Å²) in [5, 5.41) is 16.6. The summed E-state index contributed by atoms with van der Waals surface area (Å²) in [4.78, 5) is 4.37. The molecule has 0 aliphatic carbocycles. The summed E-state index contributed by atoms with van der Waals surface area (Å²) in [6.45, 7) is 2.77. The smallest absolute Gasteiger partial charge is 0.416 e. The first-order valence-electron chi connectivity index (χ1n) is 8.99. The predicted molar refractivity (Wildman–Crippen MR) is 102 cm³/mol. The molecule has 1 saturated heterocycles. The van der Waals surface area contributed by atoms with E-state index in [0.29, 0.717) is 18.5 Å². The molecule has 0 aromatic heterocycles. The zero-order valence-corrected chi connectivity index (χ0v) is 16.1. The van der Waals surface area contributed by atoms with Crippen LogP contribution in [0.25, 0.3) is 0 Å². The van der Waals surface area contributed by atoms with Crippen molar-refractivity contribution in [1.29, 1.82) is 0 Å². The van der Waals surface area contributed by atoms with Crippen molar-refractivity contribution in [3.8, 4) is 5.75 Å². The Hall–Kier alpha value is -1.61. The number of guanidine groups is 1. The van der Waals surface area contributed by atoms with Gasteiger partial charge in [0.2, 0.25) is 0 Å². The Morgan fingerprint density at radius 3 is 2.70 bits per heavy atom. The SMILES string of the molecule is CCNC(=NCC(O)COc1ccc(C(F)(F)F)cc1)NC1CCCSC1. The summed E-state index contributed by atoms with van der Waals surface area (Å²) >= 11 is 1.91. The maximum absolute atomic E-state index is 12.5. The second kappa shape index (κ2) is 10.7. The van der Waals surface area contributed by atoms with Gasteiger partial charge in [-0.2, -0.15) is 24.9 Å². The number of hydrogen-bond acceptors (Lipinski definition) is 4. The number of aliphatic hydroxyl groups is 1. The minimum atomic E-state index is -4.38. The minimum Gasteiger partial charge on any atom is -0.491 e. The molecule has 0 radical (unpaired) electrons. The molecule has 1 aliphatic heterocycles. The second-order valence-electron chi connectivity index (χ2n) is 6.26. The fourth-order valence-corrected chi connectivity index (χ4v) is 3.62. The quantitative estimate of drug-likeness (QED) is 0.481. The standard InChI is InChI=1S/C18H26F3N3O2S/c1-2-22-17(24-14-4-3-9-27-12-14)23-10-15(25)11-26-16-7-5-13(6-8-16)18(19,20)21/h5-8,14-15,25H,2-4,9-12H2,1H3,(H2,22,23,24). The van der Waals surface area contributed by atoms with Crippen molar-refractivity contribution in [3.05, 3.63) is 29.8 Å². The van der Waals surface area contributed by atoms with Crippen molar-refractivity contribution >= 4 is 17.7 Å². The Morgan fingerprint density at radius 1 is 1.37 bits per heavy atom. The molecular formula is C18H26F3N3O2S. The van der Waals surface area contributed by atoms with Crippen LogP contribution in [0.5, 0.6) is 5.75 Å². The molecule has 0 spiro atoms. The van der Waals surface area contributed by atoms with Gasteiger partial charge in [-0.1, -0.05) is 0 Å². The lowest BCUT2D eigenvalue weighted by Gasteiger charge is -2.24. The summed E-state index contributed by atoms with van der Waals surface area (Å²) in [7, 11) is 0. The molecule has 3 N–H and O–H groups in total. The number of halogens is 3. The van der Waals surface area contributed by atoms with E-state index in [0.717, 1.165) is 24.3 Å². The number of benzene rings is 1. The van der Waals surface area contributed by atoms with Crippen molar-refractivity contribution in [2.75, 3.05) is 31.2 Å². The maximum Gasteiger partial charge on any atom is 0.416 e. The number of hydrogen-bond donors (Lipinski definition) is 3. The van der Waals surface area contributed by atoms with E-state index in [1.165, 1.54) is 24.3 Å². The lowest BCUT2D eigenvalue weighted by Crippen LogP contribution is -2.46. The number of thioether (sulfide) groups is 1. The van der Waals surface area contributed by atoms with Gasteiger partial charge < -0.3 is 20.5 Å². The first kappa shape index (κ1) is 21.7. The first-order valence-corrected chi connectivity index (χ1v) is 10.1. The molecule has 152 valence electrons. The average molecular weight is 405 g/mol. The van der Waals surface area contributed by atoms with Crippen molar-refractivity contribution in [2.24, 2.45) is 4.99 Å². The zero-order chi connectivity index (χ0) is 19.7. The fourth-order valence-electron chi connectivity index (χ4n) is 2.55. The number of nitrogens with zero attached hydrogens (tertiary/aromatic N) is 1. The predicted octanol–water partition coefficient (Wildman–Crippen LogP) is 2.90. The van der Waals surface area contributed by atoms with Gasteiger partial charge in [0.25, 0.3) is 0 Å². The van der Waals surface area contributed by atoms with Crippen LogP contribution in [0.2, 0.25) is 0 Å². The third-order valence-electron chi connectivity index (χ3n) is 3.93. The van der Waals surface area contributed by atoms with Crippen molar-refractivity contribution in [1.82, 2.24) is 10.6 Å². The van der Waals surface area contributed by atoms with E-state index in [2.05, 4.69) is 15.6 Å². The zero-order valence-electron chi connectivity index (χ0n) is 15.3. The van der Waals surface area contributed by atoms with Crippen LogP contribution < -0.4 is 15.4 Å². The van der Waals surface area contributed by atoms with Crippen LogP contribution in [0, 0.1) is 0 Å². The first-order chi connectivity index (χ1) is 12.9. The molecular weight excluding hydrogens is 379 g/mol. The molecule has 2 rings (SSSR count). The number of alkyl halides is 3. The lowest BCUT2D eigenvalue weighted by atomic mass is 10.2. The molecule has 0 amide bonds. The van der Waals surface area contributed by atoms with Gasteiger partial charge in [-0.15, -0.1) is 0 Å². The Labute approximate surface area is 161 Å². The number of rotatable bonds is 7. The van der Waals surface area contributed by atoms with E-state index in [4.69, 9.17) is 4.74 Å². The topological polar surface area (TPSA) is 65.9 Å². The van der Waals surface area contributed by atoms with Crippen LogP contribution in [-0.2, 0) is 6.18 Å². The van der Waals surface area contributed by atoms with Crippen LogP contribution >= 0.6 is 11.8 Å². The average Bonchev–Trinajstić information content (AvgIpc) is 2.65. The van der Waals surface area contributed by atoms with Crippen LogP contribution in [-0.4, -0.2) is 54.4 Å². The lowest BCUT2D eigenvalue weighted by molar-refractivity contribution is -0.137. The molecule has 0 bridgehead atoms. The summed E-state index contributed by atoms with van der Waals surface area (Å²) < 4.78 is 42.9. The van der Waals surface area contributed by atoms with Gasteiger partial charge in [0.05, 0.1) is 12.1 Å². The van der Waals surface area contributed by atoms with Crippen molar-refractivity contribution in [3.63, 3.8) is 0 Å². The highest BCUT2D eigenvalue weighted by Gasteiger charge is 2.30. The van der Waals surface area contributed by atoms with Gasteiger partial charge in [0, 0.05) is 18.3 Å². The van der Waals surface area contributed by atoms with Gasteiger partial charge in [0.15, 0.2) is 5.96 Å². The number of nitrogens with one attached hydrogen (secondary N) is 2. The Kier molecular flexibility index (Phi) is 8.56. The van der Waals surface area contributed by atoms with Gasteiger partial charge in [0.1, 0.15) is 18.5 Å². The monoisotopic (exact) mass is 405 g/mol. The molecule has 1 heterocycles. The van der Waals surface area contributed by atoms with Crippen molar-refractivity contribution in [2.45, 2.75) is 38.1 Å². The van der Waals surface area contributed by atoms with Gasteiger partial charge in [-0.3, -0.25) is 4.99 Å². The van der Waals surface area contributed by atoms with Crippen LogP contribution in [0.1, 0.15) is 25.3 Å². The molecule has 2 atom stereocenters. The molecule has 1 fully saturated rings. The van der Waals surface area contributed by atoms with Gasteiger partial charge in [-0.05, 0) is 49.8 Å². The molecule has 1 aliphatic rings. The molecule has 5 nitrogen and oxygen atoms in total. The normalized spacial score (nSPS) is 19.4. The van der Waals surface area contributed by atoms with Crippen molar-refractivity contribution < 1.29 is 23.0 Å². The van der Waals surface area contributed by atoms with E-state index < -0.39 is 17.8 Å². The highest BCUT2D eigenvalue weighted by molar-refractivity contribution is 7.99. The molecule has 9 heteroatoms. The summed E-state index contributed by atoms with van der Waals surface area (Å²) in [6, 6.07) is 4.75. The number of aliphatic imine (C=N–C) groups is 1. The number of aliphatic hydroxyl groups excluding tert-OH is 1. The molecule has 1 aromatic carbocycles. The van der Waals surface area contributed by atoms with E-state index in [1.54, 1.807) is 0 Å². The largest absolute Gasteiger partial charge is 0.491 e. The Balaban J connectivity index is 1.80. The Bertz CT molecular complexity index is 591. The van der Waals surface area contributed by atoms with Crippen LogP contribution in [0.3, 0.4) is 0 Å². The molecule has 27 heavy (non-hydrogen) atoms. The van der Waals surface area contributed by atoms with E-state index in [-0.39, 0.29) is 18.9 Å². The van der Waals surface area contributed by atoms with E-state index in [9.17, 15) is 18.3 Å². The van der Waals surface area contributed by atoms with Gasteiger partial charge >= 0.3 is 6.18 Å². The summed E-state index contributed by atoms with van der Waals surface area (Å²) in [5.74, 6) is 3.14. The van der Waals surface area contributed by atoms with Crippen LogP contribution in [0.15, 0.2) is 29.3 Å². The molecule has 0 saturated carbocycles. The fraction of sp³-hybridized carbons (Fsp3) is 0.611. The molecule has 2 unspecified atom stereocenters. The molecule has 1 aromatic rings. The summed E-state index contributed by atoms with van der Waals surface area (Å²) in [5.41, 5.74) is -0.734. The second-order valence-corrected chi connectivity index (χ2v) is 7.41. The minimum absolute atomic E-state index is 0.0481. The number of ether oxygens (including phenoxy) is 1. The van der Waals surface area contributed by atoms with E-state index >= 15 is 0 Å². The third kappa shape index (κ3) is 7.88. The third-order valence-corrected chi connectivity index (χ3v) is 5.14.